The summed E-state index contributed by atoms with van der Waals surface area (Å²) in [5.74, 6) is 0. The van der Waals surface area contributed by atoms with Crippen molar-refractivity contribution in [3.8, 4) is 5.19 Å². The number of nitrogens with zero attached hydrogens (tertiary/aromatic N) is 2. The molecule has 3 nitrogen and oxygen atoms in total. The Bertz CT molecular complexity index is 201. The predicted molar refractivity (Wildman–Crippen MR) is 42.9 cm³/mol. The lowest BCUT2D eigenvalue weighted by Crippen LogP contribution is -1.93. The van der Waals surface area contributed by atoms with Gasteiger partial charge in [0.05, 0.1) is 6.61 Å². The van der Waals surface area contributed by atoms with Crippen molar-refractivity contribution in [2.45, 2.75) is 18.5 Å². The Balaban J connectivity index is 2.42. The SMILES string of the molecule is CCCOc1nc(S)ns1. The van der Waals surface area contributed by atoms with E-state index in [1.807, 2.05) is 6.92 Å². The van der Waals surface area contributed by atoms with Crippen molar-refractivity contribution in [3.05, 3.63) is 0 Å². The van der Waals surface area contributed by atoms with Gasteiger partial charge < -0.3 is 4.74 Å². The summed E-state index contributed by atoms with van der Waals surface area (Å²) in [5.41, 5.74) is 0. The third-order valence-corrected chi connectivity index (χ3v) is 1.79. The smallest absolute Gasteiger partial charge is 0.293 e. The molecule has 1 rings (SSSR count). The number of hydrogen-bond acceptors (Lipinski definition) is 5. The molecule has 0 aliphatic rings. The lowest BCUT2D eigenvalue weighted by atomic mass is 10.5. The van der Waals surface area contributed by atoms with Crippen molar-refractivity contribution in [3.63, 3.8) is 0 Å². The molecule has 0 fully saturated rings. The van der Waals surface area contributed by atoms with Gasteiger partial charge in [0.2, 0.25) is 5.16 Å². The summed E-state index contributed by atoms with van der Waals surface area (Å²) in [6.07, 6.45) is 0.988. The van der Waals surface area contributed by atoms with E-state index in [0.717, 1.165) is 6.42 Å². The van der Waals surface area contributed by atoms with Crippen molar-refractivity contribution in [1.82, 2.24) is 9.36 Å². The molecular formula is C5H8N2OS2. The molecule has 56 valence electrons. The van der Waals surface area contributed by atoms with Crippen LogP contribution in [0.25, 0.3) is 0 Å². The maximum Gasteiger partial charge on any atom is 0.293 e. The zero-order valence-corrected chi connectivity index (χ0v) is 7.28. The molecule has 0 N–H and O–H groups in total. The van der Waals surface area contributed by atoms with E-state index in [1.54, 1.807) is 0 Å². The van der Waals surface area contributed by atoms with Crippen LogP contribution in [0.15, 0.2) is 5.16 Å². The van der Waals surface area contributed by atoms with Gasteiger partial charge in [-0.2, -0.15) is 9.36 Å². The highest BCUT2D eigenvalue weighted by Crippen LogP contribution is 2.15. The zero-order valence-electron chi connectivity index (χ0n) is 5.57. The molecule has 0 aromatic carbocycles. The Morgan fingerprint density at radius 3 is 3.00 bits per heavy atom. The summed E-state index contributed by atoms with van der Waals surface area (Å²) in [6.45, 7) is 2.74. The van der Waals surface area contributed by atoms with Gasteiger partial charge in [0.15, 0.2) is 0 Å². The quantitative estimate of drug-likeness (QED) is 0.711. The van der Waals surface area contributed by atoms with Crippen LogP contribution < -0.4 is 4.74 Å². The van der Waals surface area contributed by atoms with Gasteiger partial charge >= 0.3 is 0 Å². The Morgan fingerprint density at radius 2 is 2.50 bits per heavy atom. The monoisotopic (exact) mass is 176 g/mol. The normalized spacial score (nSPS) is 9.80. The standard InChI is InChI=1S/C5H8N2OS2/c1-2-3-8-5-6-4(9)7-10-5/h2-3H2,1H3,(H,7,9). The van der Waals surface area contributed by atoms with Gasteiger partial charge in [0.25, 0.3) is 5.19 Å². The van der Waals surface area contributed by atoms with Crippen molar-refractivity contribution >= 4 is 24.2 Å². The largest absolute Gasteiger partial charge is 0.469 e. The van der Waals surface area contributed by atoms with Crippen LogP contribution in [0.1, 0.15) is 13.3 Å². The molecule has 0 saturated carbocycles. The fourth-order valence-corrected chi connectivity index (χ4v) is 1.20. The van der Waals surface area contributed by atoms with E-state index in [-0.39, 0.29) is 0 Å². The fourth-order valence-electron chi connectivity index (χ4n) is 0.450. The number of hydrogen-bond donors (Lipinski definition) is 1. The molecule has 0 spiro atoms. The highest BCUT2D eigenvalue weighted by Gasteiger charge is 1.98. The third-order valence-electron chi connectivity index (χ3n) is 0.826. The van der Waals surface area contributed by atoms with Crippen molar-refractivity contribution < 1.29 is 4.74 Å². The van der Waals surface area contributed by atoms with Crippen molar-refractivity contribution in [1.29, 1.82) is 0 Å². The molecule has 0 radical (unpaired) electrons. The van der Waals surface area contributed by atoms with Crippen LogP contribution in [0.5, 0.6) is 5.19 Å². The van der Waals surface area contributed by atoms with Gasteiger partial charge in [-0.25, -0.2) is 0 Å². The summed E-state index contributed by atoms with van der Waals surface area (Å²) in [6, 6.07) is 0. The van der Waals surface area contributed by atoms with Crippen LogP contribution in [-0.4, -0.2) is 16.0 Å². The average molecular weight is 176 g/mol. The first-order valence-corrected chi connectivity index (χ1v) is 4.20. The topological polar surface area (TPSA) is 35.0 Å². The third kappa shape index (κ3) is 2.15. The van der Waals surface area contributed by atoms with Gasteiger partial charge in [0, 0.05) is 11.5 Å². The minimum Gasteiger partial charge on any atom is -0.469 e. The lowest BCUT2D eigenvalue weighted by Gasteiger charge is -1.94. The maximum atomic E-state index is 5.17. The average Bonchev–Trinajstić information content (AvgIpc) is 2.31. The second-order valence-corrected chi connectivity index (χ2v) is 2.82. The molecule has 5 heteroatoms. The molecule has 0 aliphatic heterocycles. The number of aromatic nitrogens is 2. The zero-order chi connectivity index (χ0) is 7.40. The molecule has 0 amide bonds. The van der Waals surface area contributed by atoms with Crippen molar-refractivity contribution in [2.75, 3.05) is 6.61 Å². The van der Waals surface area contributed by atoms with Gasteiger partial charge in [-0.15, -0.1) is 12.6 Å². The Hall–Kier alpha value is -0.290. The summed E-state index contributed by atoms with van der Waals surface area (Å²) in [5, 5.41) is 1.09. The molecule has 1 aromatic heterocycles. The first-order chi connectivity index (χ1) is 4.83. The van der Waals surface area contributed by atoms with E-state index < -0.39 is 0 Å². The molecule has 0 bridgehead atoms. The van der Waals surface area contributed by atoms with E-state index >= 15 is 0 Å². The Kier molecular flexibility index (Phi) is 2.95. The summed E-state index contributed by atoms with van der Waals surface area (Å²) in [7, 11) is 0. The molecule has 10 heavy (non-hydrogen) atoms. The summed E-state index contributed by atoms with van der Waals surface area (Å²) < 4.78 is 9.01. The lowest BCUT2D eigenvalue weighted by molar-refractivity contribution is 0.314. The minimum absolute atomic E-state index is 0.483. The second-order valence-electron chi connectivity index (χ2n) is 1.71. The number of thiol groups is 1. The molecule has 1 aromatic rings. The van der Waals surface area contributed by atoms with Crippen molar-refractivity contribution in [2.24, 2.45) is 0 Å². The van der Waals surface area contributed by atoms with E-state index in [4.69, 9.17) is 4.74 Å². The van der Waals surface area contributed by atoms with Gasteiger partial charge in [-0.3, -0.25) is 0 Å². The van der Waals surface area contributed by atoms with Gasteiger partial charge in [-0.1, -0.05) is 6.92 Å². The second kappa shape index (κ2) is 3.78. The Morgan fingerprint density at radius 1 is 1.70 bits per heavy atom. The molecule has 0 aliphatic carbocycles. The number of rotatable bonds is 3. The molecule has 1 heterocycles. The van der Waals surface area contributed by atoms with Gasteiger partial charge in [-0.05, 0) is 6.42 Å². The van der Waals surface area contributed by atoms with E-state index in [0.29, 0.717) is 17.0 Å². The Labute approximate surface area is 69.0 Å². The predicted octanol–water partition coefficient (Wildman–Crippen LogP) is 1.62. The minimum atomic E-state index is 0.483. The van der Waals surface area contributed by atoms with Crippen LogP contribution in [-0.2, 0) is 0 Å². The first-order valence-electron chi connectivity index (χ1n) is 2.98. The molecule has 0 atom stereocenters. The summed E-state index contributed by atoms with van der Waals surface area (Å²) in [4.78, 5) is 3.90. The van der Waals surface area contributed by atoms with E-state index in [1.165, 1.54) is 11.5 Å². The molecule has 0 saturated heterocycles. The first kappa shape index (κ1) is 7.81. The highest BCUT2D eigenvalue weighted by atomic mass is 32.1. The van der Waals surface area contributed by atoms with Crippen LogP contribution in [0.4, 0.5) is 0 Å². The summed E-state index contributed by atoms with van der Waals surface area (Å²) >= 11 is 5.17. The van der Waals surface area contributed by atoms with Crippen LogP contribution >= 0.6 is 24.2 Å². The van der Waals surface area contributed by atoms with Crippen LogP contribution in [0, 0.1) is 0 Å². The molecule has 0 unspecified atom stereocenters. The van der Waals surface area contributed by atoms with E-state index in [9.17, 15) is 0 Å². The maximum absolute atomic E-state index is 5.17. The number of ether oxygens (including phenoxy) is 1. The van der Waals surface area contributed by atoms with Crippen LogP contribution in [0.2, 0.25) is 0 Å². The van der Waals surface area contributed by atoms with E-state index in [2.05, 4.69) is 22.0 Å². The fraction of sp³-hybridized carbons (Fsp3) is 0.600. The van der Waals surface area contributed by atoms with Crippen LogP contribution in [0.3, 0.4) is 0 Å². The highest BCUT2D eigenvalue weighted by molar-refractivity contribution is 7.80. The van der Waals surface area contributed by atoms with Gasteiger partial charge in [0.1, 0.15) is 0 Å². The molecular weight excluding hydrogens is 168 g/mol.